The predicted molar refractivity (Wildman–Crippen MR) is 84.3 cm³/mol. The maximum absolute atomic E-state index is 14.1. The highest BCUT2D eigenvalue weighted by Crippen LogP contribution is 2.37. The molecule has 0 radical (unpaired) electrons. The van der Waals surface area contributed by atoms with Gasteiger partial charge in [0.1, 0.15) is 24.0 Å². The lowest BCUT2D eigenvalue weighted by atomic mass is 10.0. The fourth-order valence-corrected chi connectivity index (χ4v) is 2.72. The van der Waals surface area contributed by atoms with Crippen molar-refractivity contribution in [3.05, 3.63) is 58.7 Å². The Balaban J connectivity index is 1.81. The molecule has 24 heavy (non-hydrogen) atoms. The number of anilines is 1. The van der Waals surface area contributed by atoms with Gasteiger partial charge in [0.2, 0.25) is 0 Å². The van der Waals surface area contributed by atoms with E-state index in [1.54, 1.807) is 25.1 Å². The number of rotatable bonds is 4. The predicted octanol–water partition coefficient (Wildman–Crippen LogP) is 3.59. The zero-order chi connectivity index (χ0) is 17.3. The van der Waals surface area contributed by atoms with Crippen LogP contribution in [0.25, 0.3) is 0 Å². The summed E-state index contributed by atoms with van der Waals surface area (Å²) in [6.07, 6.45) is -1.24. The smallest absolute Gasteiger partial charge is 0.405 e. The Morgan fingerprint density at radius 2 is 2.04 bits per heavy atom. The summed E-state index contributed by atoms with van der Waals surface area (Å²) in [6, 6.07) is 6.80. The van der Waals surface area contributed by atoms with E-state index in [1.807, 2.05) is 0 Å². The highest BCUT2D eigenvalue weighted by molar-refractivity contribution is 5.66. The Kier molecular flexibility index (Phi) is 4.24. The van der Waals surface area contributed by atoms with Crippen molar-refractivity contribution in [3.63, 3.8) is 0 Å². The van der Waals surface area contributed by atoms with Crippen LogP contribution in [0.5, 0.6) is 5.75 Å². The van der Waals surface area contributed by atoms with Crippen molar-refractivity contribution in [1.82, 2.24) is 5.32 Å². The molecule has 0 aliphatic carbocycles. The number of aryl methyl sites for hydroxylation is 1. The number of amides is 1. The van der Waals surface area contributed by atoms with Gasteiger partial charge in [-0.2, -0.15) is 0 Å². The average Bonchev–Trinajstić information content (AvgIpc) is 2.94. The van der Waals surface area contributed by atoms with Crippen LogP contribution in [0.2, 0.25) is 0 Å². The molecule has 0 bridgehead atoms. The Morgan fingerprint density at radius 1 is 1.29 bits per heavy atom. The Labute approximate surface area is 137 Å². The molecule has 1 aliphatic rings. The van der Waals surface area contributed by atoms with Gasteiger partial charge in [-0.1, -0.05) is 6.07 Å². The lowest BCUT2D eigenvalue weighted by Gasteiger charge is -2.12. The van der Waals surface area contributed by atoms with Gasteiger partial charge in [-0.3, -0.25) is 0 Å². The molecule has 5 nitrogen and oxygen atoms in total. The normalized spacial score (nSPS) is 15.5. The van der Waals surface area contributed by atoms with Crippen LogP contribution in [0.1, 0.15) is 22.7 Å². The Hall–Kier alpha value is -2.83. The number of carbonyl (C=O) groups is 1. The van der Waals surface area contributed by atoms with Crippen molar-refractivity contribution in [2.45, 2.75) is 19.5 Å². The van der Waals surface area contributed by atoms with Crippen LogP contribution >= 0.6 is 0 Å². The van der Waals surface area contributed by atoms with Gasteiger partial charge in [-0.05, 0) is 36.8 Å². The molecule has 3 N–H and O–H groups in total. The lowest BCUT2D eigenvalue weighted by molar-refractivity contribution is 0.186. The van der Waals surface area contributed by atoms with Crippen LogP contribution in [0.4, 0.5) is 19.3 Å². The minimum Gasteiger partial charge on any atom is -0.490 e. The minimum atomic E-state index is -1.24. The first kappa shape index (κ1) is 16.0. The Morgan fingerprint density at radius 3 is 2.75 bits per heavy atom. The summed E-state index contributed by atoms with van der Waals surface area (Å²) in [6.45, 7) is 2.06. The van der Waals surface area contributed by atoms with Gasteiger partial charge in [-0.15, -0.1) is 0 Å². The highest BCUT2D eigenvalue weighted by Gasteiger charge is 2.31. The molecule has 1 unspecified atom stereocenters. The van der Waals surface area contributed by atoms with Gasteiger partial charge in [-0.25, -0.2) is 13.6 Å². The van der Waals surface area contributed by atoms with Crippen molar-refractivity contribution in [1.29, 1.82) is 0 Å². The van der Waals surface area contributed by atoms with E-state index in [0.29, 0.717) is 23.4 Å². The van der Waals surface area contributed by atoms with Crippen LogP contribution in [-0.4, -0.2) is 17.8 Å². The van der Waals surface area contributed by atoms with Gasteiger partial charge in [0.25, 0.3) is 0 Å². The van der Waals surface area contributed by atoms with Crippen LogP contribution in [-0.2, 0) is 6.54 Å². The molecule has 1 atom stereocenters. The zero-order valence-corrected chi connectivity index (χ0v) is 12.9. The molecule has 3 rings (SSSR count). The summed E-state index contributed by atoms with van der Waals surface area (Å²) in [5.41, 5.74) is 2.16. The molecule has 7 heteroatoms. The third-order valence-electron chi connectivity index (χ3n) is 3.91. The van der Waals surface area contributed by atoms with Gasteiger partial charge in [0.15, 0.2) is 0 Å². The summed E-state index contributed by atoms with van der Waals surface area (Å²) < 4.78 is 32.8. The van der Waals surface area contributed by atoms with E-state index in [0.717, 1.165) is 5.69 Å². The second-order valence-corrected chi connectivity index (χ2v) is 5.58. The van der Waals surface area contributed by atoms with Crippen LogP contribution < -0.4 is 15.4 Å². The number of fused-ring (bicyclic) bond motifs is 1. The largest absolute Gasteiger partial charge is 0.490 e. The summed E-state index contributed by atoms with van der Waals surface area (Å²) >= 11 is 0. The van der Waals surface area contributed by atoms with E-state index in [2.05, 4.69) is 10.6 Å². The van der Waals surface area contributed by atoms with E-state index in [1.165, 1.54) is 12.1 Å². The van der Waals surface area contributed by atoms with E-state index < -0.39 is 18.0 Å². The maximum atomic E-state index is 14.1. The van der Waals surface area contributed by atoms with E-state index >= 15 is 0 Å². The molecule has 0 fully saturated rings. The topological polar surface area (TPSA) is 70.6 Å². The molecule has 1 heterocycles. The SMILES string of the molecule is Cc1cc(NCc2ccc(F)c3c2OCC3NC(=O)O)ccc1F. The first-order chi connectivity index (χ1) is 11.5. The van der Waals surface area contributed by atoms with Crippen LogP contribution in [0.3, 0.4) is 0 Å². The molecule has 0 saturated carbocycles. The number of hydrogen-bond donors (Lipinski definition) is 3. The van der Waals surface area contributed by atoms with E-state index in [-0.39, 0.29) is 18.0 Å². The number of carboxylic acid groups (broad SMARTS) is 1. The lowest BCUT2D eigenvalue weighted by Crippen LogP contribution is -2.28. The van der Waals surface area contributed by atoms with Crippen molar-refractivity contribution in [2.75, 3.05) is 11.9 Å². The van der Waals surface area contributed by atoms with Gasteiger partial charge in [0, 0.05) is 17.8 Å². The number of nitrogens with one attached hydrogen (secondary N) is 2. The molecule has 1 aliphatic heterocycles. The number of benzene rings is 2. The monoisotopic (exact) mass is 334 g/mol. The summed E-state index contributed by atoms with van der Waals surface area (Å²) in [4.78, 5) is 10.8. The number of halogens is 2. The molecule has 126 valence electrons. The van der Waals surface area contributed by atoms with Gasteiger partial charge in [0.05, 0.1) is 11.6 Å². The quantitative estimate of drug-likeness (QED) is 0.799. The van der Waals surface area contributed by atoms with Crippen molar-refractivity contribution in [2.24, 2.45) is 0 Å². The Bertz CT molecular complexity index is 796. The molecule has 1 amide bonds. The first-order valence-electron chi connectivity index (χ1n) is 7.39. The summed E-state index contributed by atoms with van der Waals surface area (Å²) in [5, 5.41) is 14.2. The number of hydrogen-bond acceptors (Lipinski definition) is 3. The second kappa shape index (κ2) is 6.35. The summed E-state index contributed by atoms with van der Waals surface area (Å²) in [7, 11) is 0. The van der Waals surface area contributed by atoms with Crippen molar-refractivity contribution >= 4 is 11.8 Å². The molecule has 0 spiro atoms. The fraction of sp³-hybridized carbons (Fsp3) is 0.235. The van der Waals surface area contributed by atoms with Crippen molar-refractivity contribution < 1.29 is 23.4 Å². The standard InChI is InChI=1S/C17H16F2N2O3/c1-9-6-11(3-5-12(9)18)20-7-10-2-4-13(19)15-14(21-17(22)23)8-24-16(10)15/h2-6,14,20-21H,7-8H2,1H3,(H,22,23). The zero-order valence-electron chi connectivity index (χ0n) is 12.9. The molecule has 2 aromatic rings. The van der Waals surface area contributed by atoms with Crippen LogP contribution in [0, 0.1) is 18.6 Å². The average molecular weight is 334 g/mol. The molecular formula is C17H16F2N2O3. The third kappa shape index (κ3) is 3.10. The van der Waals surface area contributed by atoms with Crippen LogP contribution in [0.15, 0.2) is 30.3 Å². The molecule has 0 aromatic heterocycles. The number of ether oxygens (including phenoxy) is 1. The van der Waals surface area contributed by atoms with Crippen molar-refractivity contribution in [3.8, 4) is 5.75 Å². The van der Waals surface area contributed by atoms with E-state index in [4.69, 9.17) is 9.84 Å². The molecule has 2 aromatic carbocycles. The fourth-order valence-electron chi connectivity index (χ4n) is 2.72. The summed E-state index contributed by atoms with van der Waals surface area (Å²) in [5.74, 6) is -0.447. The van der Waals surface area contributed by atoms with Gasteiger partial charge >= 0.3 is 6.09 Å². The third-order valence-corrected chi connectivity index (χ3v) is 3.91. The molecular weight excluding hydrogens is 318 g/mol. The molecule has 0 saturated heterocycles. The van der Waals surface area contributed by atoms with Gasteiger partial charge < -0.3 is 20.5 Å². The highest BCUT2D eigenvalue weighted by atomic mass is 19.1. The minimum absolute atomic E-state index is 0.0468. The second-order valence-electron chi connectivity index (χ2n) is 5.58. The maximum Gasteiger partial charge on any atom is 0.405 e. The van der Waals surface area contributed by atoms with E-state index in [9.17, 15) is 13.6 Å². The first-order valence-corrected chi connectivity index (χ1v) is 7.39.